The van der Waals surface area contributed by atoms with Crippen molar-refractivity contribution in [3.63, 3.8) is 0 Å². The Morgan fingerprint density at radius 2 is 1.72 bits per heavy atom. The number of nitrogen functional groups attached to an aromatic ring is 1. The molecule has 2 aromatic carbocycles. The summed E-state index contributed by atoms with van der Waals surface area (Å²) in [6.45, 7) is 2.57. The highest BCUT2D eigenvalue weighted by atomic mass is 16.4. The van der Waals surface area contributed by atoms with E-state index in [1.54, 1.807) is 73.2 Å². The fraction of sp³-hybridized carbons (Fsp3) is 0.179. The van der Waals surface area contributed by atoms with Crippen molar-refractivity contribution in [1.82, 2.24) is 19.8 Å². The van der Waals surface area contributed by atoms with Gasteiger partial charge in [0.2, 0.25) is 0 Å². The largest absolute Gasteiger partial charge is 0.480 e. The highest BCUT2D eigenvalue weighted by Crippen LogP contribution is 2.24. The number of fused-ring (bicyclic) bond motifs is 1. The summed E-state index contributed by atoms with van der Waals surface area (Å²) < 4.78 is 0.209. The molecule has 1 saturated heterocycles. The quantitative estimate of drug-likeness (QED) is 0.287. The van der Waals surface area contributed by atoms with E-state index in [9.17, 15) is 14.4 Å². The maximum atomic E-state index is 12.8. The molecule has 2 aromatic heterocycles. The fourth-order valence-corrected chi connectivity index (χ4v) is 4.49. The van der Waals surface area contributed by atoms with Gasteiger partial charge in [0.25, 0.3) is 5.91 Å². The first-order chi connectivity index (χ1) is 18.8. The van der Waals surface area contributed by atoms with E-state index in [0.717, 1.165) is 24.2 Å². The number of nitrogens with zero attached hydrogens (tertiary/aromatic N) is 4. The summed E-state index contributed by atoms with van der Waals surface area (Å²) in [5.41, 5.74) is 13.1. The van der Waals surface area contributed by atoms with Gasteiger partial charge in [0, 0.05) is 48.2 Å². The number of hydrogen-bond acceptors (Lipinski definition) is 7. The molecule has 3 amide bonds. The Kier molecular flexibility index (Phi) is 8.44. The average Bonchev–Trinajstić information content (AvgIpc) is 2.97. The maximum absolute atomic E-state index is 12.8. The van der Waals surface area contributed by atoms with E-state index in [1.165, 1.54) is 4.90 Å². The number of para-hydroxylation sites is 1. The fourth-order valence-electron chi connectivity index (χ4n) is 4.49. The van der Waals surface area contributed by atoms with Gasteiger partial charge in [-0.25, -0.2) is 14.3 Å². The number of piperazine rings is 1. The molecule has 4 aromatic rings. The molecule has 1 fully saturated rings. The maximum Gasteiger partial charge on any atom is 0.419 e. The molecule has 0 bridgehead atoms. The van der Waals surface area contributed by atoms with Gasteiger partial charge in [-0.2, -0.15) is 0 Å². The van der Waals surface area contributed by atoms with Gasteiger partial charge in [0.05, 0.1) is 6.20 Å². The lowest BCUT2D eigenvalue weighted by molar-refractivity contribution is -0.135. The normalized spacial score (nSPS) is 14.1. The molecule has 6 N–H and O–H groups in total. The smallest absolute Gasteiger partial charge is 0.419 e. The SMILES string of the molecule is NC(=O)[N+]1(c2cccnc2)CCNCC1.Nc1nccc2ccc(C(=O)N(CC(=O)O)c3ccccc3)cc12. The van der Waals surface area contributed by atoms with Gasteiger partial charge in [0.15, 0.2) is 5.69 Å². The average molecular weight is 529 g/mol. The number of hydrogen-bond donors (Lipinski definition) is 4. The molecule has 11 nitrogen and oxygen atoms in total. The van der Waals surface area contributed by atoms with Crippen LogP contribution in [0.3, 0.4) is 0 Å². The zero-order chi connectivity index (χ0) is 27.8. The molecule has 39 heavy (non-hydrogen) atoms. The Morgan fingerprint density at radius 1 is 0.974 bits per heavy atom. The number of amides is 3. The summed E-state index contributed by atoms with van der Waals surface area (Å²) in [5, 5.41) is 13.9. The van der Waals surface area contributed by atoms with Crippen LogP contribution in [0.25, 0.3) is 10.8 Å². The summed E-state index contributed by atoms with van der Waals surface area (Å²) in [6.07, 6.45) is 5.01. The number of carboxylic acids is 1. The summed E-state index contributed by atoms with van der Waals surface area (Å²) in [4.78, 5) is 44.9. The molecule has 1 aliphatic heterocycles. The molecule has 0 saturated carbocycles. The van der Waals surface area contributed by atoms with Crippen LogP contribution in [0.4, 0.5) is 22.0 Å². The van der Waals surface area contributed by atoms with E-state index in [-0.39, 0.29) is 10.5 Å². The number of aliphatic carboxylic acids is 1. The lowest BCUT2D eigenvalue weighted by atomic mass is 10.1. The predicted molar refractivity (Wildman–Crippen MR) is 150 cm³/mol. The van der Waals surface area contributed by atoms with Crippen molar-refractivity contribution < 1.29 is 19.5 Å². The molecule has 0 radical (unpaired) electrons. The van der Waals surface area contributed by atoms with Crippen molar-refractivity contribution in [3.8, 4) is 0 Å². The number of pyridine rings is 2. The van der Waals surface area contributed by atoms with Crippen LogP contribution < -0.4 is 26.2 Å². The van der Waals surface area contributed by atoms with E-state index in [1.807, 2.05) is 12.1 Å². The number of carbonyl (C=O) groups excluding carboxylic acids is 2. The first-order valence-electron chi connectivity index (χ1n) is 12.3. The second-order valence-electron chi connectivity index (χ2n) is 8.97. The lowest BCUT2D eigenvalue weighted by Gasteiger charge is -2.36. The number of anilines is 2. The van der Waals surface area contributed by atoms with Crippen LogP contribution in [0.15, 0.2) is 85.3 Å². The standard InChI is InChI=1S/C18H15N3O3.C10H14N4O/c19-17-15-10-13(7-6-12(15)8-9-20-17)18(24)21(11-16(22)23)14-4-2-1-3-5-14;11-10(15)14(6-4-12-5-7-14)9-2-1-3-13-8-9/h1-10H,11H2,(H2,19,20)(H,22,23);1-3,8,12H,4-7H2,(H-,11,15)/p+1. The van der Waals surface area contributed by atoms with Crippen molar-refractivity contribution in [2.75, 3.05) is 43.4 Å². The topological polar surface area (TPSA) is 165 Å². The highest BCUT2D eigenvalue weighted by Gasteiger charge is 2.39. The van der Waals surface area contributed by atoms with Crippen molar-refractivity contribution in [1.29, 1.82) is 0 Å². The van der Waals surface area contributed by atoms with E-state index < -0.39 is 18.4 Å². The minimum atomic E-state index is -1.09. The molecular weight excluding hydrogens is 498 g/mol. The summed E-state index contributed by atoms with van der Waals surface area (Å²) in [6, 6.07) is 19.0. The monoisotopic (exact) mass is 528 g/mol. The lowest BCUT2D eigenvalue weighted by Crippen LogP contribution is -2.65. The number of quaternary nitrogens is 1. The predicted octanol–water partition coefficient (Wildman–Crippen LogP) is 2.62. The minimum Gasteiger partial charge on any atom is -0.480 e. The number of nitrogens with two attached hydrogens (primary N) is 2. The first kappa shape index (κ1) is 27.2. The highest BCUT2D eigenvalue weighted by molar-refractivity contribution is 6.10. The van der Waals surface area contributed by atoms with Gasteiger partial charge in [0.1, 0.15) is 25.5 Å². The van der Waals surface area contributed by atoms with Gasteiger partial charge in [-0.1, -0.05) is 24.3 Å². The number of urea groups is 1. The van der Waals surface area contributed by atoms with Crippen LogP contribution >= 0.6 is 0 Å². The van der Waals surface area contributed by atoms with Gasteiger partial charge < -0.3 is 21.9 Å². The molecule has 11 heteroatoms. The van der Waals surface area contributed by atoms with Crippen molar-refractivity contribution >= 4 is 45.9 Å². The number of aromatic nitrogens is 2. The van der Waals surface area contributed by atoms with Crippen LogP contribution in [-0.4, -0.2) is 65.7 Å². The summed E-state index contributed by atoms with van der Waals surface area (Å²) >= 11 is 0. The third kappa shape index (κ3) is 6.17. The number of primary amides is 1. The molecule has 5 rings (SSSR count). The summed E-state index contributed by atoms with van der Waals surface area (Å²) in [7, 11) is 0. The Labute approximate surface area is 225 Å². The Balaban J connectivity index is 0.000000202. The third-order valence-corrected chi connectivity index (χ3v) is 6.55. The number of nitrogens with one attached hydrogen (secondary N) is 1. The van der Waals surface area contributed by atoms with Crippen LogP contribution in [0.2, 0.25) is 0 Å². The molecule has 0 spiro atoms. The molecule has 0 atom stereocenters. The molecule has 200 valence electrons. The summed E-state index contributed by atoms with van der Waals surface area (Å²) in [5.74, 6) is -1.17. The number of rotatable bonds is 5. The Bertz CT molecular complexity index is 1460. The molecule has 1 aliphatic rings. The van der Waals surface area contributed by atoms with Crippen LogP contribution in [0.5, 0.6) is 0 Å². The van der Waals surface area contributed by atoms with Crippen LogP contribution in [0, 0.1) is 0 Å². The second kappa shape index (κ2) is 12.1. The molecular formula is C28H30N7O4+. The van der Waals surface area contributed by atoms with Gasteiger partial charge in [-0.15, -0.1) is 0 Å². The van der Waals surface area contributed by atoms with Crippen LogP contribution in [0.1, 0.15) is 10.4 Å². The molecule has 0 aliphatic carbocycles. The van der Waals surface area contributed by atoms with Crippen molar-refractivity contribution in [2.45, 2.75) is 0 Å². The van der Waals surface area contributed by atoms with Crippen molar-refractivity contribution in [3.05, 3.63) is 90.9 Å². The van der Waals surface area contributed by atoms with Gasteiger partial charge in [-0.05, 0) is 41.8 Å². The van der Waals surface area contributed by atoms with Gasteiger partial charge in [-0.3, -0.25) is 19.5 Å². The van der Waals surface area contributed by atoms with E-state index in [2.05, 4.69) is 15.3 Å². The Hall–Kier alpha value is -4.87. The van der Waals surface area contributed by atoms with Gasteiger partial charge >= 0.3 is 12.0 Å². The van der Waals surface area contributed by atoms with Crippen molar-refractivity contribution in [2.24, 2.45) is 5.73 Å². The van der Waals surface area contributed by atoms with Crippen LogP contribution in [-0.2, 0) is 4.79 Å². The molecule has 3 heterocycles. The molecule has 0 unspecified atom stereocenters. The first-order valence-corrected chi connectivity index (χ1v) is 12.3. The zero-order valence-electron chi connectivity index (χ0n) is 21.2. The zero-order valence-corrected chi connectivity index (χ0v) is 21.2. The number of carbonyl (C=O) groups is 3. The number of benzene rings is 2. The second-order valence-corrected chi connectivity index (χ2v) is 8.97. The minimum absolute atomic E-state index is 0.209. The number of carboxylic acid groups (broad SMARTS) is 1. The third-order valence-electron chi connectivity index (χ3n) is 6.55. The van der Waals surface area contributed by atoms with E-state index in [0.29, 0.717) is 35.5 Å². The Morgan fingerprint density at radius 3 is 2.36 bits per heavy atom. The van der Waals surface area contributed by atoms with E-state index >= 15 is 0 Å². The van der Waals surface area contributed by atoms with E-state index in [4.69, 9.17) is 16.6 Å².